The van der Waals surface area contributed by atoms with E-state index in [1.54, 1.807) is 0 Å². The van der Waals surface area contributed by atoms with Crippen LogP contribution >= 0.6 is 0 Å². The molecule has 1 nitrogen and oxygen atoms in total. The highest BCUT2D eigenvalue weighted by Crippen LogP contribution is 2.33. The maximum Gasteiger partial charge on any atom is 0.0858 e. The Labute approximate surface area is 128 Å². The molecule has 1 N–H and O–H groups in total. The maximum atomic E-state index is 10.7. The third kappa shape index (κ3) is 4.18. The van der Waals surface area contributed by atoms with Gasteiger partial charge in [0.25, 0.3) is 0 Å². The second-order valence-corrected chi connectivity index (χ2v) is 6.21. The zero-order chi connectivity index (χ0) is 15.2. The molecular weight excluding hydrogens is 256 g/mol. The van der Waals surface area contributed by atoms with Crippen molar-refractivity contribution in [1.29, 1.82) is 0 Å². The average molecular weight is 282 g/mol. The van der Waals surface area contributed by atoms with E-state index < -0.39 is 6.10 Å². The first-order chi connectivity index (χ1) is 10.1. The van der Waals surface area contributed by atoms with Gasteiger partial charge >= 0.3 is 0 Å². The molecule has 0 aromatic heterocycles. The van der Waals surface area contributed by atoms with Gasteiger partial charge in [0.05, 0.1) is 6.10 Å². The molecule has 0 aliphatic heterocycles. The van der Waals surface area contributed by atoms with Gasteiger partial charge in [0.1, 0.15) is 0 Å². The lowest BCUT2D eigenvalue weighted by molar-refractivity contribution is 0.142. The highest BCUT2D eigenvalue weighted by Gasteiger charge is 2.20. The molecule has 0 saturated heterocycles. The van der Waals surface area contributed by atoms with Crippen LogP contribution in [0.25, 0.3) is 0 Å². The van der Waals surface area contributed by atoms with Crippen molar-refractivity contribution in [1.82, 2.24) is 0 Å². The zero-order valence-corrected chi connectivity index (χ0v) is 13.3. The van der Waals surface area contributed by atoms with Crippen molar-refractivity contribution < 1.29 is 5.11 Å². The first-order valence-corrected chi connectivity index (χ1v) is 7.93. The molecule has 0 fully saturated rings. The van der Waals surface area contributed by atoms with Crippen LogP contribution in [-0.2, 0) is 6.42 Å². The zero-order valence-electron chi connectivity index (χ0n) is 13.3. The van der Waals surface area contributed by atoms with Crippen molar-refractivity contribution in [3.05, 3.63) is 71.3 Å². The van der Waals surface area contributed by atoms with Gasteiger partial charge in [-0.15, -0.1) is 0 Å². The van der Waals surface area contributed by atoms with Gasteiger partial charge in [-0.05, 0) is 35.4 Å². The first-order valence-electron chi connectivity index (χ1n) is 7.93. The number of aliphatic hydroxyl groups excluding tert-OH is 1. The third-order valence-electron chi connectivity index (χ3n) is 4.01. The van der Waals surface area contributed by atoms with E-state index in [2.05, 4.69) is 57.2 Å². The van der Waals surface area contributed by atoms with Gasteiger partial charge in [-0.2, -0.15) is 0 Å². The summed E-state index contributed by atoms with van der Waals surface area (Å²) < 4.78 is 0. The molecule has 0 aliphatic rings. The van der Waals surface area contributed by atoms with Gasteiger partial charge in [0, 0.05) is 5.92 Å². The minimum absolute atomic E-state index is 0.155. The Bertz CT molecular complexity index is 528. The molecule has 2 unspecified atom stereocenters. The number of hydrogen-bond donors (Lipinski definition) is 1. The molecule has 2 rings (SSSR count). The van der Waals surface area contributed by atoms with E-state index >= 15 is 0 Å². The van der Waals surface area contributed by atoms with Crippen molar-refractivity contribution >= 4 is 0 Å². The standard InChI is InChI=1S/C20H26O/c1-4-19(17-8-6-5-7-9-17)20(21)18-12-10-16(11-13-18)14-15(2)3/h5-13,15,19-21H,4,14H2,1-3H3. The molecule has 2 aromatic rings. The van der Waals surface area contributed by atoms with Crippen LogP contribution in [0.1, 0.15) is 55.9 Å². The van der Waals surface area contributed by atoms with E-state index in [9.17, 15) is 5.11 Å². The van der Waals surface area contributed by atoms with Crippen LogP contribution in [0, 0.1) is 5.92 Å². The van der Waals surface area contributed by atoms with Gasteiger partial charge in [-0.25, -0.2) is 0 Å². The number of hydrogen-bond acceptors (Lipinski definition) is 1. The molecule has 0 radical (unpaired) electrons. The molecule has 112 valence electrons. The summed E-state index contributed by atoms with van der Waals surface area (Å²) in [6.45, 7) is 6.59. The Balaban J connectivity index is 2.16. The normalized spacial score (nSPS) is 14.1. The van der Waals surface area contributed by atoms with Gasteiger partial charge < -0.3 is 5.11 Å². The van der Waals surface area contributed by atoms with Crippen LogP contribution in [0.4, 0.5) is 0 Å². The lowest BCUT2D eigenvalue weighted by Crippen LogP contribution is -2.10. The molecule has 0 heterocycles. The molecule has 0 bridgehead atoms. The van der Waals surface area contributed by atoms with Gasteiger partial charge in [-0.3, -0.25) is 0 Å². The van der Waals surface area contributed by atoms with Crippen LogP contribution < -0.4 is 0 Å². The van der Waals surface area contributed by atoms with Crippen LogP contribution in [-0.4, -0.2) is 5.11 Å². The molecule has 0 saturated carbocycles. The third-order valence-corrected chi connectivity index (χ3v) is 4.01. The summed E-state index contributed by atoms with van der Waals surface area (Å²) in [5, 5.41) is 10.7. The Hall–Kier alpha value is -1.60. The summed E-state index contributed by atoms with van der Waals surface area (Å²) in [6, 6.07) is 18.7. The predicted octanol–water partition coefficient (Wildman–Crippen LogP) is 5.11. The van der Waals surface area contributed by atoms with E-state index in [1.165, 1.54) is 11.1 Å². The fourth-order valence-corrected chi connectivity index (χ4v) is 2.90. The Morgan fingerprint density at radius 3 is 2.00 bits per heavy atom. The molecule has 1 heteroatoms. The lowest BCUT2D eigenvalue weighted by Gasteiger charge is -2.22. The maximum absolute atomic E-state index is 10.7. The van der Waals surface area contributed by atoms with E-state index in [0.29, 0.717) is 5.92 Å². The fraction of sp³-hybridized carbons (Fsp3) is 0.400. The molecule has 0 spiro atoms. The molecule has 21 heavy (non-hydrogen) atoms. The number of aliphatic hydroxyl groups is 1. The highest BCUT2D eigenvalue weighted by molar-refractivity contribution is 5.29. The Morgan fingerprint density at radius 2 is 1.48 bits per heavy atom. The number of benzene rings is 2. The Morgan fingerprint density at radius 1 is 0.857 bits per heavy atom. The van der Waals surface area contributed by atoms with Crippen LogP contribution in [0.3, 0.4) is 0 Å². The van der Waals surface area contributed by atoms with E-state index in [-0.39, 0.29) is 5.92 Å². The molecule has 2 aromatic carbocycles. The predicted molar refractivity (Wildman–Crippen MR) is 89.4 cm³/mol. The second kappa shape index (κ2) is 7.42. The number of rotatable bonds is 6. The average Bonchev–Trinajstić information content (AvgIpc) is 2.49. The monoisotopic (exact) mass is 282 g/mol. The topological polar surface area (TPSA) is 20.2 Å². The second-order valence-electron chi connectivity index (χ2n) is 6.21. The van der Waals surface area contributed by atoms with E-state index in [4.69, 9.17) is 0 Å². The van der Waals surface area contributed by atoms with Crippen molar-refractivity contribution in [2.45, 2.75) is 45.6 Å². The quantitative estimate of drug-likeness (QED) is 0.780. The highest BCUT2D eigenvalue weighted by atomic mass is 16.3. The minimum Gasteiger partial charge on any atom is -0.388 e. The largest absolute Gasteiger partial charge is 0.388 e. The SMILES string of the molecule is CCC(c1ccccc1)C(O)c1ccc(CC(C)C)cc1. The fourth-order valence-electron chi connectivity index (χ4n) is 2.90. The first kappa shape index (κ1) is 15.8. The molecule has 0 amide bonds. The van der Waals surface area contributed by atoms with Crippen LogP contribution in [0.5, 0.6) is 0 Å². The van der Waals surface area contributed by atoms with Crippen LogP contribution in [0.15, 0.2) is 54.6 Å². The van der Waals surface area contributed by atoms with Gasteiger partial charge in [-0.1, -0.05) is 75.4 Å². The summed E-state index contributed by atoms with van der Waals surface area (Å²) >= 11 is 0. The summed E-state index contributed by atoms with van der Waals surface area (Å²) in [6.07, 6.45) is 1.58. The van der Waals surface area contributed by atoms with Gasteiger partial charge in [0.2, 0.25) is 0 Å². The summed E-state index contributed by atoms with van der Waals surface area (Å²) in [5.41, 5.74) is 3.56. The summed E-state index contributed by atoms with van der Waals surface area (Å²) in [7, 11) is 0. The van der Waals surface area contributed by atoms with Crippen molar-refractivity contribution in [3.63, 3.8) is 0 Å². The van der Waals surface area contributed by atoms with Crippen molar-refractivity contribution in [2.75, 3.05) is 0 Å². The minimum atomic E-state index is -0.439. The van der Waals surface area contributed by atoms with Crippen molar-refractivity contribution in [2.24, 2.45) is 5.92 Å². The summed E-state index contributed by atoms with van der Waals surface area (Å²) in [4.78, 5) is 0. The Kier molecular flexibility index (Phi) is 5.58. The van der Waals surface area contributed by atoms with Gasteiger partial charge in [0.15, 0.2) is 0 Å². The van der Waals surface area contributed by atoms with Crippen molar-refractivity contribution in [3.8, 4) is 0 Å². The molecular formula is C20H26O. The smallest absolute Gasteiger partial charge is 0.0858 e. The van der Waals surface area contributed by atoms with E-state index in [0.717, 1.165) is 18.4 Å². The molecule has 2 atom stereocenters. The van der Waals surface area contributed by atoms with E-state index in [1.807, 2.05) is 18.2 Å². The molecule has 0 aliphatic carbocycles. The van der Waals surface area contributed by atoms with Crippen LogP contribution in [0.2, 0.25) is 0 Å². The summed E-state index contributed by atoms with van der Waals surface area (Å²) in [5.74, 6) is 0.815. The lowest BCUT2D eigenvalue weighted by atomic mass is 9.87.